The number of carbonyl (C=O) groups is 1. The lowest BCUT2D eigenvalue weighted by atomic mass is 10.1. The molecule has 0 aliphatic heterocycles. The first-order chi connectivity index (χ1) is 13.4. The fourth-order valence-corrected chi connectivity index (χ4v) is 4.33. The number of carbonyl (C=O) groups excluding carboxylic acids is 1. The molecule has 0 fully saturated rings. The number of nitrogens with one attached hydrogen (secondary N) is 1. The quantitative estimate of drug-likeness (QED) is 0.614. The molecule has 150 valence electrons. The van der Waals surface area contributed by atoms with Crippen LogP contribution in [0, 0.1) is 0 Å². The first-order valence-corrected chi connectivity index (χ1v) is 10.9. The SMILES string of the molecule is C=CCN(Cc1ccc(C(=O)N[C@@H](C)CCC)cc1)S(=O)(=O)c1ccccc1. The molecular weight excluding hydrogens is 372 g/mol. The van der Waals surface area contributed by atoms with E-state index in [1.54, 1.807) is 60.7 Å². The predicted octanol–water partition coefficient (Wildman–Crippen LogP) is 3.98. The molecule has 6 heteroatoms. The predicted molar refractivity (Wildman–Crippen MR) is 113 cm³/mol. The van der Waals surface area contributed by atoms with Crippen LogP contribution in [0.25, 0.3) is 0 Å². The van der Waals surface area contributed by atoms with Gasteiger partial charge in [-0.25, -0.2) is 8.42 Å². The second-order valence-corrected chi connectivity index (χ2v) is 8.70. The van der Waals surface area contributed by atoms with E-state index in [1.807, 2.05) is 6.92 Å². The molecule has 0 unspecified atom stereocenters. The lowest BCUT2D eigenvalue weighted by Gasteiger charge is -2.21. The zero-order chi connectivity index (χ0) is 20.6. The molecule has 2 aromatic rings. The molecule has 1 N–H and O–H groups in total. The average molecular weight is 401 g/mol. The van der Waals surface area contributed by atoms with Crippen molar-refractivity contribution >= 4 is 15.9 Å². The number of amides is 1. The van der Waals surface area contributed by atoms with Crippen molar-refractivity contribution in [3.8, 4) is 0 Å². The van der Waals surface area contributed by atoms with E-state index in [1.165, 1.54) is 4.31 Å². The third-order valence-electron chi connectivity index (χ3n) is 4.39. The Morgan fingerprint density at radius 2 is 1.79 bits per heavy atom. The highest BCUT2D eigenvalue weighted by Crippen LogP contribution is 2.18. The highest BCUT2D eigenvalue weighted by molar-refractivity contribution is 7.89. The van der Waals surface area contributed by atoms with Gasteiger partial charge in [-0.05, 0) is 43.2 Å². The summed E-state index contributed by atoms with van der Waals surface area (Å²) in [5.74, 6) is -0.118. The third-order valence-corrected chi connectivity index (χ3v) is 6.21. The minimum atomic E-state index is -3.63. The topological polar surface area (TPSA) is 66.5 Å². The molecule has 0 bridgehead atoms. The summed E-state index contributed by atoms with van der Waals surface area (Å²) < 4.78 is 27.2. The molecule has 28 heavy (non-hydrogen) atoms. The number of nitrogens with zero attached hydrogens (tertiary/aromatic N) is 1. The van der Waals surface area contributed by atoms with E-state index in [4.69, 9.17) is 0 Å². The minimum absolute atomic E-state index is 0.118. The summed E-state index contributed by atoms with van der Waals surface area (Å²) in [4.78, 5) is 12.5. The molecule has 0 aliphatic rings. The zero-order valence-electron chi connectivity index (χ0n) is 16.5. The van der Waals surface area contributed by atoms with Gasteiger partial charge >= 0.3 is 0 Å². The van der Waals surface area contributed by atoms with Crippen molar-refractivity contribution in [3.05, 3.63) is 78.4 Å². The van der Waals surface area contributed by atoms with E-state index in [9.17, 15) is 13.2 Å². The van der Waals surface area contributed by atoms with Crippen molar-refractivity contribution in [1.29, 1.82) is 0 Å². The van der Waals surface area contributed by atoms with Gasteiger partial charge in [-0.1, -0.05) is 49.8 Å². The largest absolute Gasteiger partial charge is 0.350 e. The van der Waals surface area contributed by atoms with Gasteiger partial charge in [0.25, 0.3) is 5.91 Å². The summed E-state index contributed by atoms with van der Waals surface area (Å²) in [6, 6.07) is 15.5. The van der Waals surface area contributed by atoms with Gasteiger partial charge in [0.2, 0.25) is 10.0 Å². The summed E-state index contributed by atoms with van der Waals surface area (Å²) in [5, 5.41) is 2.96. The fraction of sp³-hybridized carbons (Fsp3) is 0.318. The summed E-state index contributed by atoms with van der Waals surface area (Å²) in [6.45, 7) is 8.14. The molecule has 5 nitrogen and oxygen atoms in total. The summed E-state index contributed by atoms with van der Waals surface area (Å²) in [6.07, 6.45) is 3.50. The maximum atomic E-state index is 12.9. The molecule has 0 radical (unpaired) electrons. The van der Waals surface area contributed by atoms with Crippen LogP contribution in [0.15, 0.2) is 72.1 Å². The van der Waals surface area contributed by atoms with Crippen LogP contribution in [-0.2, 0) is 16.6 Å². The maximum Gasteiger partial charge on any atom is 0.251 e. The molecule has 1 atom stereocenters. The van der Waals surface area contributed by atoms with E-state index in [0.29, 0.717) is 5.56 Å². The van der Waals surface area contributed by atoms with Crippen LogP contribution >= 0.6 is 0 Å². The monoisotopic (exact) mass is 400 g/mol. The van der Waals surface area contributed by atoms with Crippen molar-refractivity contribution in [1.82, 2.24) is 9.62 Å². The van der Waals surface area contributed by atoms with E-state index < -0.39 is 10.0 Å². The molecular formula is C22H28N2O3S. The molecule has 0 saturated carbocycles. The van der Waals surface area contributed by atoms with Crippen LogP contribution < -0.4 is 5.32 Å². The smallest absolute Gasteiger partial charge is 0.251 e. The van der Waals surface area contributed by atoms with Gasteiger partial charge in [-0.15, -0.1) is 6.58 Å². The fourth-order valence-electron chi connectivity index (χ4n) is 2.91. The molecule has 2 aromatic carbocycles. The van der Waals surface area contributed by atoms with E-state index >= 15 is 0 Å². The standard InChI is InChI=1S/C22H28N2O3S/c1-4-9-18(3)23-22(25)20-14-12-19(13-15-20)17-24(16-5-2)28(26,27)21-10-7-6-8-11-21/h5-8,10-15,18H,2,4,9,16-17H2,1,3H3,(H,23,25)/t18-/m0/s1. The van der Waals surface area contributed by atoms with Gasteiger partial charge in [-0.3, -0.25) is 4.79 Å². The Labute approximate surface area is 168 Å². The number of hydrogen-bond acceptors (Lipinski definition) is 3. The van der Waals surface area contributed by atoms with Crippen LogP contribution in [0.3, 0.4) is 0 Å². The second-order valence-electron chi connectivity index (χ2n) is 6.76. The van der Waals surface area contributed by atoms with Crippen molar-refractivity contribution in [2.24, 2.45) is 0 Å². The summed E-state index contributed by atoms with van der Waals surface area (Å²) in [5.41, 5.74) is 1.37. The van der Waals surface area contributed by atoms with Gasteiger partial charge in [-0.2, -0.15) is 4.31 Å². The lowest BCUT2D eigenvalue weighted by molar-refractivity contribution is 0.0938. The van der Waals surface area contributed by atoms with E-state index in [0.717, 1.165) is 18.4 Å². The Morgan fingerprint density at radius 3 is 2.36 bits per heavy atom. The average Bonchev–Trinajstić information content (AvgIpc) is 2.69. The van der Waals surface area contributed by atoms with Gasteiger partial charge in [0.05, 0.1) is 4.90 Å². The van der Waals surface area contributed by atoms with Crippen molar-refractivity contribution in [2.75, 3.05) is 6.54 Å². The molecule has 2 rings (SSSR count). The number of hydrogen-bond donors (Lipinski definition) is 1. The Bertz CT molecular complexity index is 878. The van der Waals surface area contributed by atoms with E-state index in [2.05, 4.69) is 18.8 Å². The molecule has 0 aromatic heterocycles. The summed E-state index contributed by atoms with van der Waals surface area (Å²) in [7, 11) is -3.63. The molecule has 0 aliphatic carbocycles. The number of sulfonamides is 1. The van der Waals surface area contributed by atoms with Crippen LogP contribution in [-0.4, -0.2) is 31.2 Å². The summed E-state index contributed by atoms with van der Waals surface area (Å²) >= 11 is 0. The number of rotatable bonds is 10. The van der Waals surface area contributed by atoms with Gasteiger partial charge in [0.1, 0.15) is 0 Å². The maximum absolute atomic E-state index is 12.9. The lowest BCUT2D eigenvalue weighted by Crippen LogP contribution is -2.32. The first-order valence-electron chi connectivity index (χ1n) is 9.44. The second kappa shape index (κ2) is 10.2. The normalized spacial score (nSPS) is 12.5. The molecule has 0 heterocycles. The number of benzene rings is 2. The molecule has 1 amide bonds. The Morgan fingerprint density at radius 1 is 1.14 bits per heavy atom. The van der Waals surface area contributed by atoms with Gasteiger partial charge < -0.3 is 5.32 Å². The zero-order valence-corrected chi connectivity index (χ0v) is 17.3. The van der Waals surface area contributed by atoms with Gasteiger partial charge in [0, 0.05) is 24.7 Å². The Hall–Kier alpha value is -2.44. The highest BCUT2D eigenvalue weighted by atomic mass is 32.2. The van der Waals surface area contributed by atoms with Crippen molar-refractivity contribution in [3.63, 3.8) is 0 Å². The first kappa shape index (κ1) is 21.9. The minimum Gasteiger partial charge on any atom is -0.350 e. The molecule has 0 saturated heterocycles. The van der Waals surface area contributed by atoms with Crippen LogP contribution in [0.1, 0.15) is 42.6 Å². The molecule has 0 spiro atoms. The van der Waals surface area contributed by atoms with Crippen LogP contribution in [0.5, 0.6) is 0 Å². The van der Waals surface area contributed by atoms with Crippen molar-refractivity contribution in [2.45, 2.75) is 44.2 Å². The van der Waals surface area contributed by atoms with E-state index in [-0.39, 0.29) is 29.9 Å². The van der Waals surface area contributed by atoms with Crippen LogP contribution in [0.4, 0.5) is 0 Å². The highest BCUT2D eigenvalue weighted by Gasteiger charge is 2.23. The Balaban J connectivity index is 2.14. The van der Waals surface area contributed by atoms with Gasteiger partial charge in [0.15, 0.2) is 0 Å². The van der Waals surface area contributed by atoms with Crippen LogP contribution in [0.2, 0.25) is 0 Å². The Kier molecular flexibility index (Phi) is 7.96. The third kappa shape index (κ3) is 5.78. The van der Waals surface area contributed by atoms with Crippen molar-refractivity contribution < 1.29 is 13.2 Å².